The van der Waals surface area contributed by atoms with Crippen molar-refractivity contribution in [1.82, 2.24) is 0 Å². The van der Waals surface area contributed by atoms with E-state index in [1.54, 1.807) is 0 Å². The second-order valence-electron chi connectivity index (χ2n) is 4.19. The summed E-state index contributed by atoms with van der Waals surface area (Å²) in [4.78, 5) is 11.3. The molecule has 2 atom stereocenters. The van der Waals surface area contributed by atoms with Crippen LogP contribution in [-0.4, -0.2) is 6.29 Å². The van der Waals surface area contributed by atoms with E-state index in [2.05, 4.69) is 0 Å². The van der Waals surface area contributed by atoms with Gasteiger partial charge in [0.1, 0.15) is 6.10 Å². The molecular formula is C15H12O2. The van der Waals surface area contributed by atoms with Crippen molar-refractivity contribution in [1.29, 1.82) is 0 Å². The van der Waals surface area contributed by atoms with Gasteiger partial charge in [-0.1, -0.05) is 60.7 Å². The van der Waals surface area contributed by atoms with E-state index in [0.717, 1.165) is 17.4 Å². The summed E-state index contributed by atoms with van der Waals surface area (Å²) >= 11 is 0. The molecule has 17 heavy (non-hydrogen) atoms. The molecule has 2 aromatic carbocycles. The van der Waals surface area contributed by atoms with Crippen molar-refractivity contribution in [2.24, 2.45) is 0 Å². The van der Waals surface area contributed by atoms with Gasteiger partial charge in [-0.15, -0.1) is 0 Å². The lowest BCUT2D eigenvalue weighted by Gasteiger charge is -2.05. The average Bonchev–Trinajstić information content (AvgIpc) is 3.17. The Balaban J connectivity index is 1.97. The molecule has 0 spiro atoms. The van der Waals surface area contributed by atoms with Gasteiger partial charge in [0.15, 0.2) is 11.9 Å². The zero-order chi connectivity index (χ0) is 11.7. The van der Waals surface area contributed by atoms with Crippen LogP contribution in [0.4, 0.5) is 0 Å². The number of carbonyl (C=O) groups excluding carboxylic acids is 1. The summed E-state index contributed by atoms with van der Waals surface area (Å²) in [5.41, 5.74) is 1.19. The van der Waals surface area contributed by atoms with Gasteiger partial charge >= 0.3 is 0 Å². The zero-order valence-corrected chi connectivity index (χ0v) is 9.24. The number of carbonyl (C=O) groups is 1. The van der Waals surface area contributed by atoms with Gasteiger partial charge in [-0.2, -0.15) is 0 Å². The SMILES string of the molecule is O=C[C@@]1(c2ccccc2)O[C@@H]1c1ccccc1. The van der Waals surface area contributed by atoms with Crippen LogP contribution in [-0.2, 0) is 15.1 Å². The van der Waals surface area contributed by atoms with Crippen molar-refractivity contribution in [2.45, 2.75) is 11.7 Å². The van der Waals surface area contributed by atoms with E-state index >= 15 is 0 Å². The first-order valence-electron chi connectivity index (χ1n) is 5.61. The highest BCUT2D eigenvalue weighted by Gasteiger charge is 2.58. The van der Waals surface area contributed by atoms with Crippen molar-refractivity contribution < 1.29 is 9.53 Å². The Morgan fingerprint density at radius 1 is 0.941 bits per heavy atom. The lowest BCUT2D eigenvalue weighted by Crippen LogP contribution is -2.11. The number of ether oxygens (including phenoxy) is 1. The normalized spacial score (nSPS) is 26.5. The third kappa shape index (κ3) is 1.58. The molecular weight excluding hydrogens is 212 g/mol. The number of benzene rings is 2. The Morgan fingerprint density at radius 3 is 2.12 bits per heavy atom. The van der Waals surface area contributed by atoms with Crippen molar-refractivity contribution in [3.8, 4) is 0 Å². The molecule has 2 nitrogen and oxygen atoms in total. The molecule has 1 saturated heterocycles. The fourth-order valence-electron chi connectivity index (χ4n) is 2.18. The van der Waals surface area contributed by atoms with Crippen molar-refractivity contribution >= 4 is 6.29 Å². The van der Waals surface area contributed by atoms with Crippen molar-refractivity contribution in [3.05, 3.63) is 71.8 Å². The van der Waals surface area contributed by atoms with Crippen molar-refractivity contribution in [2.75, 3.05) is 0 Å². The lowest BCUT2D eigenvalue weighted by molar-refractivity contribution is -0.112. The second kappa shape index (κ2) is 3.82. The third-order valence-corrected chi connectivity index (χ3v) is 3.15. The van der Waals surface area contributed by atoms with Gasteiger partial charge in [-0.25, -0.2) is 0 Å². The summed E-state index contributed by atoms with van der Waals surface area (Å²) in [5.74, 6) is 0. The maximum absolute atomic E-state index is 11.3. The maximum Gasteiger partial charge on any atom is 0.179 e. The molecule has 0 unspecified atom stereocenters. The van der Waals surface area contributed by atoms with Crippen LogP contribution in [0, 0.1) is 0 Å². The van der Waals surface area contributed by atoms with Crippen LogP contribution in [0.5, 0.6) is 0 Å². The van der Waals surface area contributed by atoms with E-state index < -0.39 is 5.60 Å². The summed E-state index contributed by atoms with van der Waals surface area (Å²) < 4.78 is 5.66. The third-order valence-electron chi connectivity index (χ3n) is 3.15. The van der Waals surface area contributed by atoms with E-state index in [1.807, 2.05) is 60.7 Å². The summed E-state index contributed by atoms with van der Waals surface area (Å²) in [6.45, 7) is 0. The smallest absolute Gasteiger partial charge is 0.179 e. The highest BCUT2D eigenvalue weighted by atomic mass is 16.6. The van der Waals surface area contributed by atoms with Gasteiger partial charge < -0.3 is 4.74 Å². The molecule has 0 aliphatic carbocycles. The number of aldehydes is 1. The van der Waals surface area contributed by atoms with Crippen LogP contribution in [0.2, 0.25) is 0 Å². The Hall–Kier alpha value is -1.93. The number of epoxide rings is 1. The van der Waals surface area contributed by atoms with Gasteiger partial charge in [0.2, 0.25) is 0 Å². The van der Waals surface area contributed by atoms with Gasteiger partial charge in [0, 0.05) is 0 Å². The van der Waals surface area contributed by atoms with Crippen LogP contribution in [0.25, 0.3) is 0 Å². The molecule has 3 rings (SSSR count). The van der Waals surface area contributed by atoms with Gasteiger partial charge in [-0.05, 0) is 11.1 Å². The quantitative estimate of drug-likeness (QED) is 0.592. The summed E-state index contributed by atoms with van der Waals surface area (Å²) in [6.07, 6.45) is 0.753. The molecule has 0 bridgehead atoms. The van der Waals surface area contributed by atoms with E-state index in [1.165, 1.54) is 0 Å². The minimum absolute atomic E-state index is 0.149. The Bertz CT molecular complexity index is 521. The molecule has 84 valence electrons. The highest BCUT2D eigenvalue weighted by Crippen LogP contribution is 2.55. The van der Waals surface area contributed by atoms with Crippen molar-refractivity contribution in [3.63, 3.8) is 0 Å². The fraction of sp³-hybridized carbons (Fsp3) is 0.133. The van der Waals surface area contributed by atoms with Crippen LogP contribution in [0.3, 0.4) is 0 Å². The first-order valence-corrected chi connectivity index (χ1v) is 5.61. The lowest BCUT2D eigenvalue weighted by atomic mass is 9.93. The van der Waals surface area contributed by atoms with E-state index in [-0.39, 0.29) is 6.10 Å². The first-order chi connectivity index (χ1) is 8.37. The van der Waals surface area contributed by atoms with Crippen LogP contribution < -0.4 is 0 Å². The zero-order valence-electron chi connectivity index (χ0n) is 9.24. The van der Waals surface area contributed by atoms with Gasteiger partial charge in [0.05, 0.1) is 0 Å². The maximum atomic E-state index is 11.3. The minimum atomic E-state index is -0.775. The Morgan fingerprint density at radius 2 is 1.53 bits per heavy atom. The molecule has 1 aliphatic rings. The molecule has 0 amide bonds. The molecule has 0 radical (unpaired) electrons. The summed E-state index contributed by atoms with van der Waals surface area (Å²) in [5, 5.41) is 0. The largest absolute Gasteiger partial charge is 0.348 e. The molecule has 1 heterocycles. The van der Waals surface area contributed by atoms with Gasteiger partial charge in [-0.3, -0.25) is 4.79 Å². The molecule has 2 heteroatoms. The number of hydrogen-bond acceptors (Lipinski definition) is 2. The molecule has 1 aliphatic heterocycles. The first kappa shape index (κ1) is 10.2. The van der Waals surface area contributed by atoms with E-state index in [4.69, 9.17) is 4.74 Å². The monoisotopic (exact) mass is 224 g/mol. The fourth-order valence-corrected chi connectivity index (χ4v) is 2.18. The van der Waals surface area contributed by atoms with Crippen LogP contribution >= 0.6 is 0 Å². The predicted octanol–water partition coefficient (Wildman–Crippen LogP) is 2.85. The van der Waals surface area contributed by atoms with E-state index in [9.17, 15) is 4.79 Å². The average molecular weight is 224 g/mol. The number of hydrogen-bond donors (Lipinski definition) is 0. The summed E-state index contributed by atoms with van der Waals surface area (Å²) in [7, 11) is 0. The highest BCUT2D eigenvalue weighted by molar-refractivity contribution is 5.72. The Labute approximate surface area is 99.9 Å². The van der Waals surface area contributed by atoms with E-state index in [0.29, 0.717) is 0 Å². The molecule has 0 saturated carbocycles. The molecule has 1 fully saturated rings. The second-order valence-corrected chi connectivity index (χ2v) is 4.19. The van der Waals surface area contributed by atoms with Gasteiger partial charge in [0.25, 0.3) is 0 Å². The minimum Gasteiger partial charge on any atom is -0.348 e. The topological polar surface area (TPSA) is 29.6 Å². The standard InChI is InChI=1S/C15H12O2/c16-11-15(13-9-5-2-6-10-13)14(17-15)12-7-3-1-4-8-12/h1-11,14H/t14-,15+/m1/s1. The molecule has 0 N–H and O–H groups in total. The van der Waals surface area contributed by atoms with Crippen LogP contribution in [0.1, 0.15) is 17.2 Å². The molecule has 2 aromatic rings. The predicted molar refractivity (Wildman–Crippen MR) is 64.5 cm³/mol. The Kier molecular flexibility index (Phi) is 2.30. The number of rotatable bonds is 3. The van der Waals surface area contributed by atoms with Crippen LogP contribution in [0.15, 0.2) is 60.7 Å². The molecule has 0 aromatic heterocycles. The summed E-state index contributed by atoms with van der Waals surface area (Å²) in [6, 6.07) is 19.5.